The van der Waals surface area contributed by atoms with Crippen molar-refractivity contribution in [2.24, 2.45) is 22.7 Å². The Morgan fingerprint density at radius 2 is 2.07 bits per heavy atom. The number of carbonyl (C=O) groups excluding carboxylic acids is 1. The Bertz CT molecular complexity index is 362. The third kappa shape index (κ3) is 1.12. The van der Waals surface area contributed by atoms with Crippen LogP contribution in [0, 0.1) is 22.7 Å². The maximum absolute atomic E-state index is 12.0. The van der Waals surface area contributed by atoms with Crippen LogP contribution < -0.4 is 0 Å². The van der Waals surface area contributed by atoms with Gasteiger partial charge in [0, 0.05) is 6.42 Å². The second kappa shape index (κ2) is 2.84. The van der Waals surface area contributed by atoms with Gasteiger partial charge in [0.05, 0.1) is 5.41 Å². The molecule has 1 saturated carbocycles. The quantitative estimate of drug-likeness (QED) is 0.598. The van der Waals surface area contributed by atoms with Gasteiger partial charge >= 0.3 is 0 Å². The average Bonchev–Trinajstić information content (AvgIpc) is 2.54. The molecule has 15 heavy (non-hydrogen) atoms. The van der Waals surface area contributed by atoms with E-state index in [1.54, 1.807) is 0 Å². The van der Waals surface area contributed by atoms with E-state index < -0.39 is 0 Å². The molecular weight excluding hydrogens is 184 g/mol. The van der Waals surface area contributed by atoms with Crippen LogP contribution in [0.1, 0.15) is 34.1 Å². The summed E-state index contributed by atoms with van der Waals surface area (Å²) in [6.45, 7) is 12.6. The molecule has 82 valence electrons. The summed E-state index contributed by atoms with van der Waals surface area (Å²) < 4.78 is 0. The molecule has 0 radical (unpaired) electrons. The molecule has 0 amide bonds. The first-order valence-corrected chi connectivity index (χ1v) is 5.70. The summed E-state index contributed by atoms with van der Waals surface area (Å²) in [7, 11) is 0. The number of rotatable bonds is 1. The maximum Gasteiger partial charge on any atom is 0.143 e. The van der Waals surface area contributed by atoms with Crippen LogP contribution >= 0.6 is 0 Å². The number of hydrogen-bond acceptors (Lipinski definition) is 1. The molecule has 1 nitrogen and oxygen atoms in total. The summed E-state index contributed by atoms with van der Waals surface area (Å²) in [5.74, 6) is 1.22. The van der Waals surface area contributed by atoms with Crippen LogP contribution in [0.2, 0.25) is 0 Å². The topological polar surface area (TPSA) is 17.1 Å². The van der Waals surface area contributed by atoms with Crippen molar-refractivity contribution in [1.29, 1.82) is 0 Å². The number of ketones is 1. The van der Waals surface area contributed by atoms with Gasteiger partial charge in [0.2, 0.25) is 0 Å². The summed E-state index contributed by atoms with van der Waals surface area (Å²) in [6, 6.07) is 0. The second-order valence-electron chi connectivity index (χ2n) is 5.82. The molecule has 2 aliphatic carbocycles. The molecule has 0 heterocycles. The molecule has 0 bridgehead atoms. The smallest absolute Gasteiger partial charge is 0.143 e. The van der Waals surface area contributed by atoms with Gasteiger partial charge in [-0.25, -0.2) is 0 Å². The second-order valence-corrected chi connectivity index (χ2v) is 5.82. The highest BCUT2D eigenvalue weighted by atomic mass is 16.1. The molecule has 0 aliphatic heterocycles. The van der Waals surface area contributed by atoms with E-state index in [0.29, 0.717) is 24.0 Å². The SMILES string of the molecule is C=C[C@@]1(C)C(=O)C[C@@H]2[C@H]1C=C(C)C2(C)C. The van der Waals surface area contributed by atoms with Gasteiger partial charge in [-0.1, -0.05) is 31.6 Å². The lowest BCUT2D eigenvalue weighted by Gasteiger charge is -2.30. The van der Waals surface area contributed by atoms with Crippen molar-refractivity contribution in [1.82, 2.24) is 0 Å². The van der Waals surface area contributed by atoms with Crippen molar-refractivity contribution >= 4 is 5.78 Å². The highest BCUT2D eigenvalue weighted by Crippen LogP contribution is 2.59. The van der Waals surface area contributed by atoms with E-state index in [1.807, 2.05) is 13.0 Å². The standard InChI is InChI=1S/C14H20O/c1-6-14(5)11-7-9(2)13(3,4)10(11)8-12(14)15/h6-7,10-11H,1,8H2,2-5H3/t10-,11-,14-/m1/s1. The largest absolute Gasteiger partial charge is 0.299 e. The summed E-state index contributed by atoms with van der Waals surface area (Å²) in [4.78, 5) is 12.0. The van der Waals surface area contributed by atoms with Crippen molar-refractivity contribution in [3.8, 4) is 0 Å². The highest BCUT2D eigenvalue weighted by Gasteiger charge is 2.56. The Morgan fingerprint density at radius 1 is 1.47 bits per heavy atom. The first kappa shape index (κ1) is 10.7. The predicted molar refractivity (Wildman–Crippen MR) is 62.4 cm³/mol. The summed E-state index contributed by atoms with van der Waals surface area (Å²) >= 11 is 0. The van der Waals surface area contributed by atoms with Crippen LogP contribution in [0.3, 0.4) is 0 Å². The summed E-state index contributed by atoms with van der Waals surface area (Å²) in [5, 5.41) is 0. The molecule has 0 unspecified atom stereocenters. The summed E-state index contributed by atoms with van der Waals surface area (Å²) in [5.41, 5.74) is 1.29. The fraction of sp³-hybridized carbons (Fsp3) is 0.643. The Labute approximate surface area is 92.3 Å². The Hall–Kier alpha value is -0.850. The van der Waals surface area contributed by atoms with E-state index >= 15 is 0 Å². The van der Waals surface area contributed by atoms with E-state index in [9.17, 15) is 4.79 Å². The fourth-order valence-electron chi connectivity index (χ4n) is 3.17. The van der Waals surface area contributed by atoms with Crippen LogP contribution in [0.4, 0.5) is 0 Å². The van der Waals surface area contributed by atoms with Gasteiger partial charge < -0.3 is 0 Å². The highest BCUT2D eigenvalue weighted by molar-refractivity contribution is 5.90. The first-order chi connectivity index (χ1) is 6.84. The van der Waals surface area contributed by atoms with E-state index in [0.717, 1.165) is 0 Å². The summed E-state index contributed by atoms with van der Waals surface area (Å²) in [6.07, 6.45) is 4.87. The van der Waals surface area contributed by atoms with Crippen molar-refractivity contribution in [2.75, 3.05) is 0 Å². The molecule has 0 spiro atoms. The molecular formula is C14H20O. The molecule has 0 aromatic heterocycles. The zero-order valence-corrected chi connectivity index (χ0v) is 10.1. The zero-order chi connectivity index (χ0) is 11.4. The third-order valence-corrected chi connectivity index (χ3v) is 4.93. The number of allylic oxidation sites excluding steroid dienone is 3. The minimum absolute atomic E-state index is 0.182. The zero-order valence-electron chi connectivity index (χ0n) is 10.1. The van der Waals surface area contributed by atoms with Gasteiger partial charge in [-0.3, -0.25) is 4.79 Å². The van der Waals surface area contributed by atoms with E-state index in [-0.39, 0.29) is 10.8 Å². The lowest BCUT2D eigenvalue weighted by Crippen LogP contribution is -2.27. The lowest BCUT2D eigenvalue weighted by atomic mass is 9.73. The Balaban J connectivity index is 2.48. The van der Waals surface area contributed by atoms with E-state index in [1.165, 1.54) is 5.57 Å². The number of fused-ring (bicyclic) bond motifs is 1. The van der Waals surface area contributed by atoms with Crippen LogP contribution in [0.5, 0.6) is 0 Å². The minimum Gasteiger partial charge on any atom is -0.299 e. The predicted octanol–water partition coefficient (Wildman–Crippen LogP) is 3.37. The molecule has 3 atom stereocenters. The van der Waals surface area contributed by atoms with Crippen LogP contribution in [0.25, 0.3) is 0 Å². The molecule has 0 N–H and O–H groups in total. The minimum atomic E-state index is -0.320. The van der Waals surface area contributed by atoms with Crippen molar-refractivity contribution < 1.29 is 4.79 Å². The van der Waals surface area contributed by atoms with Gasteiger partial charge in [0.15, 0.2) is 0 Å². The molecule has 0 aromatic carbocycles. The van der Waals surface area contributed by atoms with Gasteiger partial charge in [-0.2, -0.15) is 0 Å². The lowest BCUT2D eigenvalue weighted by molar-refractivity contribution is -0.123. The number of hydrogen-bond donors (Lipinski definition) is 0. The molecule has 0 saturated heterocycles. The van der Waals surface area contributed by atoms with Gasteiger partial charge in [-0.05, 0) is 31.1 Å². The van der Waals surface area contributed by atoms with Crippen molar-refractivity contribution in [2.45, 2.75) is 34.1 Å². The molecule has 1 heteroatoms. The Kier molecular flexibility index (Phi) is 2.02. The molecule has 0 aromatic rings. The van der Waals surface area contributed by atoms with E-state index in [4.69, 9.17) is 0 Å². The fourth-order valence-corrected chi connectivity index (χ4v) is 3.17. The number of Topliss-reactive ketones (excluding diaryl/α,β-unsaturated/α-hetero) is 1. The third-order valence-electron chi connectivity index (χ3n) is 4.93. The van der Waals surface area contributed by atoms with Crippen LogP contribution in [0.15, 0.2) is 24.3 Å². The first-order valence-electron chi connectivity index (χ1n) is 5.70. The number of carbonyl (C=O) groups is 1. The van der Waals surface area contributed by atoms with Crippen molar-refractivity contribution in [3.05, 3.63) is 24.3 Å². The monoisotopic (exact) mass is 204 g/mol. The van der Waals surface area contributed by atoms with Gasteiger partial charge in [-0.15, -0.1) is 6.58 Å². The van der Waals surface area contributed by atoms with E-state index in [2.05, 4.69) is 33.4 Å². The molecule has 1 fully saturated rings. The van der Waals surface area contributed by atoms with Gasteiger partial charge in [0.1, 0.15) is 5.78 Å². The Morgan fingerprint density at radius 3 is 2.60 bits per heavy atom. The van der Waals surface area contributed by atoms with Crippen LogP contribution in [-0.4, -0.2) is 5.78 Å². The maximum atomic E-state index is 12.0. The normalized spacial score (nSPS) is 42.7. The van der Waals surface area contributed by atoms with Crippen LogP contribution in [-0.2, 0) is 4.79 Å². The van der Waals surface area contributed by atoms with Gasteiger partial charge in [0.25, 0.3) is 0 Å². The molecule has 2 rings (SSSR count). The molecule has 2 aliphatic rings. The van der Waals surface area contributed by atoms with Crippen molar-refractivity contribution in [3.63, 3.8) is 0 Å². The average molecular weight is 204 g/mol.